The Kier molecular flexibility index (Phi) is 7.83. The summed E-state index contributed by atoms with van der Waals surface area (Å²) in [6.45, 7) is 4.39. The van der Waals surface area contributed by atoms with Gasteiger partial charge in [0.2, 0.25) is 5.92 Å². The van der Waals surface area contributed by atoms with Gasteiger partial charge in [-0.25, -0.2) is 27.9 Å². The van der Waals surface area contributed by atoms with Crippen LogP contribution in [-0.4, -0.2) is 61.9 Å². The Balaban J connectivity index is 1.64. The number of carbonyl (C=O) groups excluding carboxylic acids is 2. The summed E-state index contributed by atoms with van der Waals surface area (Å²) in [5.74, 6) is -3.15. The Morgan fingerprint density at radius 3 is 2.55 bits per heavy atom. The fourth-order valence-corrected chi connectivity index (χ4v) is 5.01. The van der Waals surface area contributed by atoms with Crippen molar-refractivity contribution < 1.29 is 36.3 Å². The van der Waals surface area contributed by atoms with Crippen LogP contribution in [0.15, 0.2) is 18.5 Å². The molecule has 1 unspecified atom stereocenters. The number of rotatable bonds is 6. The van der Waals surface area contributed by atoms with E-state index in [-0.39, 0.29) is 49.2 Å². The lowest BCUT2D eigenvalue weighted by Gasteiger charge is -2.33. The van der Waals surface area contributed by atoms with Crippen LogP contribution in [-0.2, 0) is 4.74 Å². The van der Waals surface area contributed by atoms with E-state index in [4.69, 9.17) is 4.74 Å². The van der Waals surface area contributed by atoms with Gasteiger partial charge in [-0.05, 0) is 51.2 Å². The average molecular weight is 572 g/mol. The largest absolute Gasteiger partial charge is 0.444 e. The molecule has 2 fully saturated rings. The molecule has 0 spiro atoms. The van der Waals surface area contributed by atoms with Gasteiger partial charge in [0.05, 0.1) is 49.2 Å². The molecule has 10 nitrogen and oxygen atoms in total. The molecule has 1 saturated carbocycles. The van der Waals surface area contributed by atoms with E-state index in [1.807, 2.05) is 11.4 Å². The Morgan fingerprint density at radius 1 is 1.30 bits per heavy atom. The van der Waals surface area contributed by atoms with E-state index < -0.39 is 54.5 Å². The summed E-state index contributed by atoms with van der Waals surface area (Å²) in [6.07, 6.45) is -3.25. The molecule has 2 aromatic rings. The molecule has 3 heterocycles. The molecule has 2 N–H and O–H groups in total. The minimum Gasteiger partial charge on any atom is -0.444 e. The molecule has 40 heavy (non-hydrogen) atoms. The van der Waals surface area contributed by atoms with Crippen LogP contribution >= 0.6 is 0 Å². The number of nitrogens with one attached hydrogen (secondary N) is 2. The normalized spacial score (nSPS) is 21.5. The van der Waals surface area contributed by atoms with Crippen molar-refractivity contribution >= 4 is 17.8 Å². The van der Waals surface area contributed by atoms with Gasteiger partial charge in [-0.2, -0.15) is 23.5 Å². The fraction of sp³-hybridized carbons (Fsp3) is 0.640. The van der Waals surface area contributed by atoms with Crippen LogP contribution in [0.1, 0.15) is 76.2 Å². The summed E-state index contributed by atoms with van der Waals surface area (Å²) in [5.41, 5.74) is 0.0584. The van der Waals surface area contributed by atoms with Gasteiger partial charge in [0.1, 0.15) is 11.6 Å². The predicted octanol–water partition coefficient (Wildman–Crippen LogP) is 5.03. The molecule has 1 saturated heterocycles. The number of carbonyl (C=O) groups is 2. The highest BCUT2D eigenvalue weighted by atomic mass is 19.4. The lowest BCUT2D eigenvalue weighted by molar-refractivity contribution is -0.150. The first kappa shape index (κ1) is 29.3. The fourth-order valence-electron chi connectivity index (χ4n) is 5.01. The topological polar surface area (TPSA) is 125 Å². The van der Waals surface area contributed by atoms with E-state index in [9.17, 15) is 36.8 Å². The lowest BCUT2D eigenvalue weighted by atomic mass is 9.81. The molecular weight excluding hydrogens is 541 g/mol. The first-order chi connectivity index (χ1) is 18.6. The van der Waals surface area contributed by atoms with Gasteiger partial charge in [-0.15, -0.1) is 0 Å². The number of halogens is 5. The first-order valence-corrected chi connectivity index (χ1v) is 12.8. The number of imidazole rings is 1. The van der Waals surface area contributed by atoms with Crippen molar-refractivity contribution in [3.05, 3.63) is 29.7 Å². The Labute approximate surface area is 226 Å². The maximum Gasteiger partial charge on any atom is 0.410 e. The summed E-state index contributed by atoms with van der Waals surface area (Å²) in [5, 5.41) is 18.2. The van der Waals surface area contributed by atoms with Crippen molar-refractivity contribution in [3.8, 4) is 6.07 Å². The van der Waals surface area contributed by atoms with Crippen LogP contribution in [0.4, 0.5) is 31.5 Å². The molecule has 2 aromatic heterocycles. The minimum atomic E-state index is -4.65. The molecule has 0 radical (unpaired) electrons. The van der Waals surface area contributed by atoms with E-state index in [1.165, 1.54) is 23.0 Å². The van der Waals surface area contributed by atoms with E-state index in [0.29, 0.717) is 5.69 Å². The van der Waals surface area contributed by atoms with E-state index in [2.05, 4.69) is 15.4 Å². The minimum absolute atomic E-state index is 0.134. The zero-order chi connectivity index (χ0) is 29.5. The number of amides is 3. The van der Waals surface area contributed by atoms with Crippen LogP contribution in [0.25, 0.3) is 5.65 Å². The summed E-state index contributed by atoms with van der Waals surface area (Å²) >= 11 is 0. The maximum absolute atomic E-state index is 13.9. The van der Waals surface area contributed by atoms with Crippen LogP contribution in [0.2, 0.25) is 0 Å². The van der Waals surface area contributed by atoms with Gasteiger partial charge in [0, 0.05) is 12.8 Å². The number of hydrogen-bond donors (Lipinski definition) is 2. The molecular formula is C25H30F5N7O3. The summed E-state index contributed by atoms with van der Waals surface area (Å²) in [6, 6.07) is -1.43. The standard InChI is InChI=1S/C25H30F5N7O3/c1-23(2,3)40-22(39)35-20(14-4-7-24(26,27)8-5-14)16-12-37-19(33-16)10-15(11-32-37)17(6-9-31)36-13-18(25(28,29)30)34-21(36)38/h10-12,14,17-18,20H,4-8,13H2,1-3H3,(H,34,38)(H,35,39)/t17-,18-,20?/m0/s1. The molecule has 1 aliphatic heterocycles. The zero-order valence-corrected chi connectivity index (χ0v) is 22.1. The van der Waals surface area contributed by atoms with Crippen molar-refractivity contribution in [1.82, 2.24) is 30.1 Å². The van der Waals surface area contributed by atoms with Gasteiger partial charge in [-0.1, -0.05) is 0 Å². The maximum atomic E-state index is 13.9. The second-order valence-corrected chi connectivity index (χ2v) is 11.1. The van der Waals surface area contributed by atoms with Crippen molar-refractivity contribution in [3.63, 3.8) is 0 Å². The average Bonchev–Trinajstić information content (AvgIpc) is 3.43. The molecule has 4 rings (SSSR count). The third-order valence-electron chi connectivity index (χ3n) is 6.96. The van der Waals surface area contributed by atoms with Crippen molar-refractivity contribution in [2.75, 3.05) is 6.54 Å². The molecule has 3 amide bonds. The number of ether oxygens (including phenoxy) is 1. The number of urea groups is 1. The molecule has 15 heteroatoms. The Hall–Kier alpha value is -3.70. The highest BCUT2D eigenvalue weighted by Crippen LogP contribution is 2.41. The van der Waals surface area contributed by atoms with E-state index >= 15 is 0 Å². The van der Waals surface area contributed by atoms with Crippen LogP contribution in [0, 0.1) is 17.2 Å². The molecule has 0 bridgehead atoms. The van der Waals surface area contributed by atoms with E-state index in [0.717, 1.165) is 4.90 Å². The number of alkyl halides is 5. The number of fused-ring (bicyclic) bond motifs is 1. The Bertz CT molecular complexity index is 1290. The molecule has 218 valence electrons. The Morgan fingerprint density at radius 2 is 1.98 bits per heavy atom. The second kappa shape index (κ2) is 10.7. The quantitative estimate of drug-likeness (QED) is 0.469. The van der Waals surface area contributed by atoms with Crippen molar-refractivity contribution in [1.29, 1.82) is 5.26 Å². The number of aromatic nitrogens is 3. The lowest BCUT2D eigenvalue weighted by Crippen LogP contribution is -2.40. The highest BCUT2D eigenvalue weighted by Gasteiger charge is 2.48. The molecule has 1 aliphatic carbocycles. The highest BCUT2D eigenvalue weighted by molar-refractivity contribution is 5.77. The van der Waals surface area contributed by atoms with Crippen LogP contribution in [0.5, 0.6) is 0 Å². The van der Waals surface area contributed by atoms with Gasteiger partial charge < -0.3 is 20.3 Å². The van der Waals surface area contributed by atoms with Gasteiger partial charge in [0.15, 0.2) is 5.65 Å². The second-order valence-electron chi connectivity index (χ2n) is 11.1. The number of nitrogens with zero attached hydrogens (tertiary/aromatic N) is 5. The monoisotopic (exact) mass is 571 g/mol. The summed E-state index contributed by atoms with van der Waals surface area (Å²) in [7, 11) is 0. The number of hydrogen-bond acceptors (Lipinski definition) is 6. The van der Waals surface area contributed by atoms with Gasteiger partial charge in [0.25, 0.3) is 0 Å². The van der Waals surface area contributed by atoms with Gasteiger partial charge >= 0.3 is 18.3 Å². The summed E-state index contributed by atoms with van der Waals surface area (Å²) in [4.78, 5) is 30.5. The molecule has 3 atom stereocenters. The van der Waals surface area contributed by atoms with E-state index in [1.54, 1.807) is 20.8 Å². The van der Waals surface area contributed by atoms with Crippen molar-refractivity contribution in [2.24, 2.45) is 5.92 Å². The molecule has 2 aliphatic rings. The third kappa shape index (κ3) is 6.71. The smallest absolute Gasteiger partial charge is 0.410 e. The molecule has 0 aromatic carbocycles. The number of alkyl carbamates (subject to hydrolysis) is 1. The zero-order valence-electron chi connectivity index (χ0n) is 22.1. The SMILES string of the molecule is CC(C)(C)OC(=O)NC(c1cn2ncc([C@H](CC#N)N3C[C@@H](C(F)(F)F)NC3=O)cc2n1)C1CCC(F)(F)CC1. The first-order valence-electron chi connectivity index (χ1n) is 12.8. The predicted molar refractivity (Wildman–Crippen MR) is 130 cm³/mol. The van der Waals surface area contributed by atoms with Crippen molar-refractivity contribution in [2.45, 2.75) is 88.7 Å². The van der Waals surface area contributed by atoms with Gasteiger partial charge in [-0.3, -0.25) is 0 Å². The summed E-state index contributed by atoms with van der Waals surface area (Å²) < 4.78 is 74.1. The van der Waals surface area contributed by atoms with Crippen LogP contribution < -0.4 is 10.6 Å². The van der Waals surface area contributed by atoms with Crippen LogP contribution in [0.3, 0.4) is 0 Å². The number of nitriles is 1. The third-order valence-corrected chi connectivity index (χ3v) is 6.96.